The number of aromatic nitrogens is 3. The molecule has 3 heteroatoms. The molecule has 0 aliphatic heterocycles. The highest BCUT2D eigenvalue weighted by Crippen LogP contribution is 2.44. The van der Waals surface area contributed by atoms with Crippen LogP contribution in [0.15, 0.2) is 116 Å². The van der Waals surface area contributed by atoms with Gasteiger partial charge in [0.1, 0.15) is 5.52 Å². The lowest BCUT2D eigenvalue weighted by atomic mass is 9.87. The molecule has 0 bridgehead atoms. The smallest absolute Gasteiger partial charge is 0.113 e. The van der Waals surface area contributed by atoms with Crippen LogP contribution in [0.2, 0.25) is 0 Å². The molecule has 0 radical (unpaired) electrons. The van der Waals surface area contributed by atoms with Gasteiger partial charge in [0.05, 0.1) is 11.2 Å². The third kappa shape index (κ3) is 3.62. The second-order valence-electron chi connectivity index (χ2n) is 8.80. The Hall–Kier alpha value is -4.50. The minimum Gasteiger partial charge on any atom is -0.213 e. The normalized spacial score (nSPS) is 12.8. The van der Waals surface area contributed by atoms with Crippen molar-refractivity contribution in [1.82, 2.24) is 15.0 Å². The first-order valence-electron chi connectivity index (χ1n) is 11.9. The van der Waals surface area contributed by atoms with Gasteiger partial charge in [0, 0.05) is 0 Å². The van der Waals surface area contributed by atoms with Crippen LogP contribution >= 0.6 is 0 Å². The van der Waals surface area contributed by atoms with Gasteiger partial charge in [-0.25, -0.2) is 4.68 Å². The lowest BCUT2D eigenvalue weighted by Gasteiger charge is -2.16. The Kier molecular flexibility index (Phi) is 5.23. The largest absolute Gasteiger partial charge is 0.213 e. The molecular weight excluding hydrogens is 426 g/mol. The summed E-state index contributed by atoms with van der Waals surface area (Å²) in [5.74, 6) is 0. The monoisotopic (exact) mass is 451 g/mol. The molecule has 35 heavy (non-hydrogen) atoms. The molecule has 1 aromatic heterocycles. The molecule has 1 aliphatic rings. The Labute approximate surface area is 205 Å². The van der Waals surface area contributed by atoms with Gasteiger partial charge in [-0.15, -0.1) is 5.10 Å². The fourth-order valence-electron chi connectivity index (χ4n) is 4.98. The fraction of sp³-hybridized carbons (Fsp3) is 0.0625. The maximum atomic E-state index is 4.50. The van der Waals surface area contributed by atoms with E-state index >= 15 is 0 Å². The van der Waals surface area contributed by atoms with E-state index in [1.807, 2.05) is 35.9 Å². The summed E-state index contributed by atoms with van der Waals surface area (Å²) in [4.78, 5) is 0. The standard InChI is InChI=1S/C32H25N3/c1-3-4-14-27(22(2)23-11-6-5-7-12-23)28-15-10-13-25-20-24-18-19-26(21-29(24)32(25)28)35-31-17-9-8-16-30(31)33-34-35/h3-19,21H,2,20H2,1H3/b4-3-,27-14+. The second-order valence-corrected chi connectivity index (χ2v) is 8.80. The molecule has 6 rings (SSSR count). The summed E-state index contributed by atoms with van der Waals surface area (Å²) in [6, 6.07) is 31.7. The van der Waals surface area contributed by atoms with Crippen molar-refractivity contribution in [2.75, 3.05) is 0 Å². The Morgan fingerprint density at radius 3 is 2.57 bits per heavy atom. The Bertz CT molecular complexity index is 1630. The summed E-state index contributed by atoms with van der Waals surface area (Å²) in [5.41, 5.74) is 12.6. The van der Waals surface area contributed by atoms with E-state index in [9.17, 15) is 0 Å². The molecule has 0 saturated heterocycles. The predicted molar refractivity (Wildman–Crippen MR) is 145 cm³/mol. The predicted octanol–water partition coefficient (Wildman–Crippen LogP) is 7.66. The lowest BCUT2D eigenvalue weighted by Crippen LogP contribution is -1.98. The van der Waals surface area contributed by atoms with E-state index in [0.717, 1.165) is 39.9 Å². The van der Waals surface area contributed by atoms with E-state index in [2.05, 4.69) is 102 Å². The van der Waals surface area contributed by atoms with Crippen LogP contribution in [-0.2, 0) is 6.42 Å². The highest BCUT2D eigenvalue weighted by Gasteiger charge is 2.24. The molecule has 0 N–H and O–H groups in total. The average molecular weight is 452 g/mol. The summed E-state index contributed by atoms with van der Waals surface area (Å²) in [6.07, 6.45) is 7.25. The number of hydrogen-bond donors (Lipinski definition) is 0. The van der Waals surface area contributed by atoms with Gasteiger partial charge >= 0.3 is 0 Å². The van der Waals surface area contributed by atoms with E-state index in [1.165, 1.54) is 27.8 Å². The van der Waals surface area contributed by atoms with Gasteiger partial charge in [-0.2, -0.15) is 0 Å². The summed E-state index contributed by atoms with van der Waals surface area (Å²) in [5, 5.41) is 8.80. The highest BCUT2D eigenvalue weighted by molar-refractivity contribution is 6.08. The van der Waals surface area contributed by atoms with Crippen molar-refractivity contribution in [3.05, 3.63) is 138 Å². The van der Waals surface area contributed by atoms with Crippen LogP contribution in [0.25, 0.3) is 39.0 Å². The maximum absolute atomic E-state index is 4.50. The lowest BCUT2D eigenvalue weighted by molar-refractivity contribution is 0.824. The van der Waals surface area contributed by atoms with Crippen molar-refractivity contribution in [3.63, 3.8) is 0 Å². The summed E-state index contributed by atoms with van der Waals surface area (Å²) in [7, 11) is 0. The van der Waals surface area contributed by atoms with Gasteiger partial charge in [-0.05, 0) is 82.1 Å². The van der Waals surface area contributed by atoms with Crippen molar-refractivity contribution in [3.8, 4) is 16.8 Å². The molecule has 0 unspecified atom stereocenters. The van der Waals surface area contributed by atoms with Crippen LogP contribution in [0, 0.1) is 0 Å². The third-order valence-electron chi connectivity index (χ3n) is 6.68. The van der Waals surface area contributed by atoms with Crippen molar-refractivity contribution in [2.24, 2.45) is 0 Å². The maximum Gasteiger partial charge on any atom is 0.113 e. The van der Waals surface area contributed by atoms with E-state index in [0.29, 0.717) is 0 Å². The van der Waals surface area contributed by atoms with Crippen LogP contribution in [0.4, 0.5) is 0 Å². The van der Waals surface area contributed by atoms with Crippen LogP contribution < -0.4 is 0 Å². The molecule has 0 spiro atoms. The third-order valence-corrected chi connectivity index (χ3v) is 6.68. The molecule has 0 atom stereocenters. The van der Waals surface area contributed by atoms with Crippen molar-refractivity contribution < 1.29 is 0 Å². The number of fused-ring (bicyclic) bond motifs is 4. The van der Waals surface area contributed by atoms with Crippen LogP contribution in [0.3, 0.4) is 0 Å². The first-order valence-corrected chi connectivity index (χ1v) is 11.9. The molecule has 0 amide bonds. The van der Waals surface area contributed by atoms with E-state index in [1.54, 1.807) is 0 Å². The molecular formula is C32H25N3. The first kappa shape index (κ1) is 21.1. The van der Waals surface area contributed by atoms with E-state index in [-0.39, 0.29) is 0 Å². The fourth-order valence-corrected chi connectivity index (χ4v) is 4.98. The van der Waals surface area contributed by atoms with Crippen molar-refractivity contribution in [2.45, 2.75) is 13.3 Å². The van der Waals surface area contributed by atoms with Gasteiger partial charge in [0.2, 0.25) is 0 Å². The van der Waals surface area contributed by atoms with Crippen LogP contribution in [-0.4, -0.2) is 15.0 Å². The highest BCUT2D eigenvalue weighted by atomic mass is 15.4. The summed E-state index contributed by atoms with van der Waals surface area (Å²) in [6.45, 7) is 6.54. The number of para-hydroxylation sites is 1. The molecule has 1 heterocycles. The van der Waals surface area contributed by atoms with Gasteiger partial charge in [-0.3, -0.25) is 0 Å². The van der Waals surface area contributed by atoms with Crippen molar-refractivity contribution >= 4 is 22.2 Å². The molecule has 5 aromatic rings. The summed E-state index contributed by atoms with van der Waals surface area (Å²) >= 11 is 0. The van der Waals surface area contributed by atoms with Gasteiger partial charge < -0.3 is 0 Å². The van der Waals surface area contributed by atoms with Gasteiger partial charge in [-0.1, -0.05) is 96.8 Å². The van der Waals surface area contributed by atoms with Gasteiger partial charge in [0.25, 0.3) is 0 Å². The molecule has 1 aliphatic carbocycles. The van der Waals surface area contributed by atoms with Gasteiger partial charge in [0.15, 0.2) is 0 Å². The van der Waals surface area contributed by atoms with E-state index in [4.69, 9.17) is 0 Å². The quantitative estimate of drug-likeness (QED) is 0.252. The number of benzene rings is 4. The zero-order chi connectivity index (χ0) is 23.8. The Balaban J connectivity index is 1.52. The second kappa shape index (κ2) is 8.69. The number of allylic oxidation sites excluding steroid dienone is 5. The minimum atomic E-state index is 0.893. The zero-order valence-electron chi connectivity index (χ0n) is 19.6. The zero-order valence-corrected chi connectivity index (χ0v) is 19.6. The van der Waals surface area contributed by atoms with Crippen LogP contribution in [0.1, 0.15) is 29.2 Å². The first-order chi connectivity index (χ1) is 17.2. The average Bonchev–Trinajstić information content (AvgIpc) is 3.50. The molecule has 0 fully saturated rings. The topological polar surface area (TPSA) is 30.7 Å². The Morgan fingerprint density at radius 1 is 0.886 bits per heavy atom. The SMILES string of the molecule is C=C(/C(=C\C=C/C)c1cccc2c1-c1cc(-n3nnc4ccccc43)ccc1C2)c1ccccc1. The number of nitrogens with zero attached hydrogens (tertiary/aromatic N) is 3. The molecule has 4 aromatic carbocycles. The van der Waals surface area contributed by atoms with E-state index < -0.39 is 0 Å². The number of hydrogen-bond acceptors (Lipinski definition) is 2. The molecule has 168 valence electrons. The Morgan fingerprint density at radius 2 is 1.71 bits per heavy atom. The van der Waals surface area contributed by atoms with Crippen LogP contribution in [0.5, 0.6) is 0 Å². The summed E-state index contributed by atoms with van der Waals surface area (Å²) < 4.78 is 1.93. The number of rotatable bonds is 5. The molecule has 3 nitrogen and oxygen atoms in total. The van der Waals surface area contributed by atoms with Crippen molar-refractivity contribution in [1.29, 1.82) is 0 Å². The molecule has 0 saturated carbocycles. The minimum absolute atomic E-state index is 0.893.